The summed E-state index contributed by atoms with van der Waals surface area (Å²) >= 11 is 0. The van der Waals surface area contributed by atoms with E-state index in [1.807, 2.05) is 6.20 Å². The number of benzene rings is 1. The minimum Gasteiger partial charge on any atom is -0.449 e. The van der Waals surface area contributed by atoms with Gasteiger partial charge in [0, 0.05) is 36.8 Å². The Bertz CT molecular complexity index is 1170. The second-order valence-corrected chi connectivity index (χ2v) is 16.5. The summed E-state index contributed by atoms with van der Waals surface area (Å²) in [6.07, 6.45) is 0.0751. The largest absolute Gasteiger partial charge is 0.449 e. The highest BCUT2D eigenvalue weighted by Gasteiger charge is 2.49. The summed E-state index contributed by atoms with van der Waals surface area (Å²) in [5, 5.41) is 0. The Labute approximate surface area is 212 Å². The minimum absolute atomic E-state index is 0.452. The van der Waals surface area contributed by atoms with Crippen molar-refractivity contribution in [2.75, 3.05) is 6.54 Å². The molecule has 9 heteroatoms. The standard InChI is InChI=1S/C27H35F3N4OSi/c1-17(2)36(18(3)4,19(5)6)26-32-14-23(35-26)16-34-12-11-24-21(15-34)13-31-25(33-24)20-7-9-22(10-8-20)27(28,29)30/h7-10,13-14,17-19H,11-12,15-16H2,1-6H3. The van der Waals surface area contributed by atoms with E-state index < -0.39 is 19.8 Å². The fraction of sp³-hybridized carbons (Fsp3) is 0.519. The number of hydrogen-bond donors (Lipinski definition) is 0. The predicted octanol–water partition coefficient (Wildman–Crippen LogP) is 6.59. The van der Waals surface area contributed by atoms with Crippen molar-refractivity contribution in [3.8, 4) is 11.4 Å². The molecule has 0 saturated heterocycles. The van der Waals surface area contributed by atoms with Crippen molar-refractivity contribution in [1.82, 2.24) is 19.9 Å². The molecule has 3 heterocycles. The first-order chi connectivity index (χ1) is 16.9. The molecule has 2 aromatic heterocycles. The number of rotatable bonds is 7. The molecule has 4 rings (SSSR count). The number of halogens is 3. The molecule has 0 unspecified atom stereocenters. The molecule has 1 aliphatic rings. The molecule has 5 nitrogen and oxygen atoms in total. The van der Waals surface area contributed by atoms with Gasteiger partial charge in [-0.1, -0.05) is 53.7 Å². The third-order valence-electron chi connectivity index (χ3n) is 7.65. The molecule has 0 bridgehead atoms. The normalized spacial score (nSPS) is 15.2. The van der Waals surface area contributed by atoms with Gasteiger partial charge < -0.3 is 4.42 Å². The van der Waals surface area contributed by atoms with E-state index in [9.17, 15) is 13.2 Å². The van der Waals surface area contributed by atoms with Crippen LogP contribution in [0.25, 0.3) is 11.4 Å². The number of nitrogens with zero attached hydrogens (tertiary/aromatic N) is 4. The van der Waals surface area contributed by atoms with E-state index in [4.69, 9.17) is 9.40 Å². The van der Waals surface area contributed by atoms with Gasteiger partial charge in [0.1, 0.15) is 5.76 Å². The van der Waals surface area contributed by atoms with Gasteiger partial charge in [-0.05, 0) is 28.8 Å². The Morgan fingerprint density at radius 3 is 2.17 bits per heavy atom. The zero-order chi connectivity index (χ0) is 26.3. The second-order valence-electron chi connectivity index (χ2n) is 10.7. The van der Waals surface area contributed by atoms with Crippen LogP contribution in [0.2, 0.25) is 16.6 Å². The molecule has 1 aromatic carbocycles. The SMILES string of the molecule is CC(C)[Si](c1ncc(CN2CCc3nc(-c4ccc(C(F)(F)F)cc4)ncc3C2)o1)(C(C)C)C(C)C. The van der Waals surface area contributed by atoms with Crippen molar-refractivity contribution < 1.29 is 17.6 Å². The van der Waals surface area contributed by atoms with Gasteiger partial charge in [0.15, 0.2) is 19.4 Å². The Morgan fingerprint density at radius 1 is 0.944 bits per heavy atom. The number of hydrogen-bond acceptors (Lipinski definition) is 5. The lowest BCUT2D eigenvalue weighted by Gasteiger charge is -2.39. The summed E-state index contributed by atoms with van der Waals surface area (Å²) in [5.41, 5.74) is 4.43. The first-order valence-corrected chi connectivity index (χ1v) is 14.9. The Morgan fingerprint density at radius 2 is 1.58 bits per heavy atom. The Hall–Kier alpha value is -2.52. The van der Waals surface area contributed by atoms with Gasteiger partial charge in [-0.25, -0.2) is 15.0 Å². The van der Waals surface area contributed by atoms with E-state index in [1.165, 1.54) is 12.1 Å². The Kier molecular flexibility index (Phi) is 7.44. The van der Waals surface area contributed by atoms with Crippen molar-refractivity contribution in [3.63, 3.8) is 0 Å². The number of oxazole rings is 1. The maximum atomic E-state index is 12.9. The van der Waals surface area contributed by atoms with Crippen LogP contribution >= 0.6 is 0 Å². The molecular formula is C27H35F3N4OSi. The molecule has 0 N–H and O–H groups in total. The van der Waals surface area contributed by atoms with E-state index in [1.54, 1.807) is 6.20 Å². The van der Waals surface area contributed by atoms with E-state index >= 15 is 0 Å². The van der Waals surface area contributed by atoms with Crippen LogP contribution < -0.4 is 5.51 Å². The van der Waals surface area contributed by atoms with Crippen LogP contribution in [0.3, 0.4) is 0 Å². The maximum absolute atomic E-state index is 12.9. The van der Waals surface area contributed by atoms with Crippen molar-refractivity contribution in [3.05, 3.63) is 59.2 Å². The van der Waals surface area contributed by atoms with Crippen molar-refractivity contribution in [1.29, 1.82) is 0 Å². The minimum atomic E-state index is -4.36. The van der Waals surface area contributed by atoms with E-state index in [2.05, 4.69) is 56.4 Å². The van der Waals surface area contributed by atoms with E-state index in [0.717, 1.165) is 47.6 Å². The molecule has 0 aliphatic carbocycles. The number of fused-ring (bicyclic) bond motifs is 1. The van der Waals surface area contributed by atoms with Gasteiger partial charge in [0.25, 0.3) is 0 Å². The van der Waals surface area contributed by atoms with Crippen LogP contribution in [0, 0.1) is 0 Å². The summed E-state index contributed by atoms with van der Waals surface area (Å²) in [6.45, 7) is 16.0. The van der Waals surface area contributed by atoms with Crippen LogP contribution in [0.5, 0.6) is 0 Å². The van der Waals surface area contributed by atoms with E-state index in [-0.39, 0.29) is 0 Å². The summed E-state index contributed by atoms with van der Waals surface area (Å²) in [4.78, 5) is 16.2. The highest BCUT2D eigenvalue weighted by Crippen LogP contribution is 2.41. The maximum Gasteiger partial charge on any atom is 0.416 e. The zero-order valence-electron chi connectivity index (χ0n) is 21.9. The topological polar surface area (TPSA) is 55.1 Å². The molecular weight excluding hydrogens is 481 g/mol. The van der Waals surface area contributed by atoms with Gasteiger partial charge >= 0.3 is 6.18 Å². The van der Waals surface area contributed by atoms with Crippen molar-refractivity contribution >= 4 is 13.6 Å². The summed E-state index contributed by atoms with van der Waals surface area (Å²) in [7, 11) is -1.94. The van der Waals surface area contributed by atoms with Crippen LogP contribution in [0.1, 0.15) is 64.1 Å². The Balaban J connectivity index is 1.48. The van der Waals surface area contributed by atoms with Crippen LogP contribution in [0.15, 0.2) is 41.1 Å². The molecule has 0 fully saturated rings. The van der Waals surface area contributed by atoms with Crippen LogP contribution in [-0.2, 0) is 25.7 Å². The first kappa shape index (κ1) is 26.5. The summed E-state index contributed by atoms with van der Waals surface area (Å²) < 4.78 is 45.0. The van der Waals surface area contributed by atoms with Crippen LogP contribution in [0.4, 0.5) is 13.2 Å². The fourth-order valence-electron chi connectivity index (χ4n) is 6.00. The summed E-state index contributed by atoms with van der Waals surface area (Å²) in [6, 6.07) is 4.99. The lowest BCUT2D eigenvalue weighted by Crippen LogP contribution is -2.56. The van der Waals surface area contributed by atoms with E-state index in [0.29, 0.717) is 41.1 Å². The quantitative estimate of drug-likeness (QED) is 0.332. The van der Waals surface area contributed by atoms with Crippen LogP contribution in [-0.4, -0.2) is 34.5 Å². The molecule has 194 valence electrons. The van der Waals surface area contributed by atoms with Gasteiger partial charge in [-0.2, -0.15) is 13.2 Å². The smallest absolute Gasteiger partial charge is 0.416 e. The zero-order valence-corrected chi connectivity index (χ0v) is 22.9. The van der Waals surface area contributed by atoms with Gasteiger partial charge in [0.05, 0.1) is 24.0 Å². The first-order valence-electron chi connectivity index (χ1n) is 12.6. The lowest BCUT2D eigenvalue weighted by atomic mass is 10.1. The third kappa shape index (κ3) is 5.00. The van der Waals surface area contributed by atoms with Gasteiger partial charge in [-0.3, -0.25) is 4.90 Å². The van der Waals surface area contributed by atoms with Gasteiger partial charge in [-0.15, -0.1) is 0 Å². The molecule has 3 aromatic rings. The molecule has 0 saturated carbocycles. The molecule has 36 heavy (non-hydrogen) atoms. The van der Waals surface area contributed by atoms with Crippen molar-refractivity contribution in [2.45, 2.75) is 83.9 Å². The average Bonchev–Trinajstić information content (AvgIpc) is 3.26. The average molecular weight is 517 g/mol. The third-order valence-corrected chi connectivity index (χ3v) is 14.4. The molecule has 0 atom stereocenters. The molecule has 0 radical (unpaired) electrons. The monoisotopic (exact) mass is 516 g/mol. The summed E-state index contributed by atoms with van der Waals surface area (Å²) in [5.74, 6) is 1.34. The van der Waals surface area contributed by atoms with Crippen molar-refractivity contribution in [2.24, 2.45) is 0 Å². The fourth-order valence-corrected chi connectivity index (χ4v) is 12.1. The molecule has 1 aliphatic heterocycles. The number of aromatic nitrogens is 3. The molecule has 0 amide bonds. The number of alkyl halides is 3. The highest BCUT2D eigenvalue weighted by atomic mass is 28.3. The second kappa shape index (κ2) is 10.1. The predicted molar refractivity (Wildman–Crippen MR) is 137 cm³/mol. The lowest BCUT2D eigenvalue weighted by molar-refractivity contribution is -0.137. The molecule has 0 spiro atoms. The highest BCUT2D eigenvalue weighted by molar-refractivity contribution is 6.93. The van der Waals surface area contributed by atoms with Gasteiger partial charge in [0.2, 0.25) is 0 Å².